The van der Waals surface area contributed by atoms with Crippen molar-refractivity contribution in [1.29, 1.82) is 0 Å². The molecule has 0 radical (unpaired) electrons. The molecule has 0 rings (SSSR count). The Labute approximate surface area is 76.8 Å². The van der Waals surface area contributed by atoms with Gasteiger partial charge in [0.2, 0.25) is 0 Å². The van der Waals surface area contributed by atoms with E-state index in [2.05, 4.69) is 6.92 Å². The van der Waals surface area contributed by atoms with Crippen LogP contribution in [0.25, 0.3) is 0 Å². The van der Waals surface area contributed by atoms with Gasteiger partial charge in [-0.2, -0.15) is 0 Å². The van der Waals surface area contributed by atoms with Crippen LogP contribution in [-0.2, 0) is 28.6 Å². The summed E-state index contributed by atoms with van der Waals surface area (Å²) in [6.07, 6.45) is 3.29. The van der Waals surface area contributed by atoms with Gasteiger partial charge in [0, 0.05) is 19.5 Å². The van der Waals surface area contributed by atoms with Crippen molar-refractivity contribution in [3.05, 3.63) is 0 Å². The second-order valence-electron chi connectivity index (χ2n) is 2.02. The third-order valence-corrected chi connectivity index (χ3v) is 1.71. The van der Waals surface area contributed by atoms with Gasteiger partial charge in [0.15, 0.2) is 0 Å². The Morgan fingerprint density at radius 2 is 2.10 bits per heavy atom. The van der Waals surface area contributed by atoms with Crippen LogP contribution in [0.4, 0.5) is 0 Å². The van der Waals surface area contributed by atoms with E-state index in [1.807, 2.05) is 6.92 Å². The minimum atomic E-state index is -0.595. The van der Waals surface area contributed by atoms with Crippen molar-refractivity contribution in [2.24, 2.45) is 0 Å². The van der Waals surface area contributed by atoms with Crippen molar-refractivity contribution < 1.29 is 28.6 Å². The van der Waals surface area contributed by atoms with Crippen LogP contribution in [-0.4, -0.2) is 6.10 Å². The Kier molecular flexibility index (Phi) is 12.9. The molecule has 0 aromatic rings. The van der Waals surface area contributed by atoms with Crippen LogP contribution in [0.5, 0.6) is 0 Å². The Balaban J connectivity index is 0. The second-order valence-corrected chi connectivity index (χ2v) is 2.42. The van der Waals surface area contributed by atoms with Crippen LogP contribution in [0.2, 0.25) is 0 Å². The fourth-order valence-electron chi connectivity index (χ4n) is 0.736. The zero-order valence-electron chi connectivity index (χ0n) is 6.72. The van der Waals surface area contributed by atoms with Gasteiger partial charge in [-0.05, 0) is 17.4 Å². The standard InChI is InChI=1S/C6H14O2P.Zn/c1-3-5-6(4-2)8-9-7;/h6,9H,3-5H2,1-2H3;/q+1;. The molecule has 0 aliphatic rings. The first-order valence-electron chi connectivity index (χ1n) is 3.37. The third-order valence-electron chi connectivity index (χ3n) is 1.28. The Hall–Kier alpha value is 0.683. The zero-order chi connectivity index (χ0) is 7.11. The molecular formula is C6H14O2PZn+. The predicted molar refractivity (Wildman–Crippen MR) is 39.1 cm³/mol. The third kappa shape index (κ3) is 6.80. The van der Waals surface area contributed by atoms with Crippen LogP contribution in [0.3, 0.4) is 0 Å². The summed E-state index contributed by atoms with van der Waals surface area (Å²) in [7, 11) is -0.595. The molecule has 4 heteroatoms. The molecule has 0 N–H and O–H groups in total. The topological polar surface area (TPSA) is 26.3 Å². The molecule has 0 aromatic heterocycles. The summed E-state index contributed by atoms with van der Waals surface area (Å²) in [5.74, 6) is 0. The molecule has 0 aliphatic heterocycles. The molecule has 0 aromatic carbocycles. The molecule has 0 amide bonds. The summed E-state index contributed by atoms with van der Waals surface area (Å²) in [4.78, 5) is 0. The van der Waals surface area contributed by atoms with Gasteiger partial charge in [0.1, 0.15) is 6.10 Å². The van der Waals surface area contributed by atoms with Gasteiger partial charge in [-0.3, -0.25) is 0 Å². The fraction of sp³-hybridized carbons (Fsp3) is 1.00. The molecule has 56 valence electrons. The second kappa shape index (κ2) is 9.68. The maximum Gasteiger partial charge on any atom is 0.494 e. The summed E-state index contributed by atoms with van der Waals surface area (Å²) in [5.41, 5.74) is 0. The van der Waals surface area contributed by atoms with Crippen molar-refractivity contribution in [3.8, 4) is 0 Å². The molecule has 10 heavy (non-hydrogen) atoms. The van der Waals surface area contributed by atoms with E-state index < -0.39 is 8.69 Å². The summed E-state index contributed by atoms with van der Waals surface area (Å²) in [5, 5.41) is 0. The van der Waals surface area contributed by atoms with E-state index in [1.165, 1.54) is 0 Å². The molecule has 0 bridgehead atoms. The molecular weight excluding hydrogens is 200 g/mol. The molecule has 0 saturated heterocycles. The van der Waals surface area contributed by atoms with Gasteiger partial charge in [-0.1, -0.05) is 20.3 Å². The van der Waals surface area contributed by atoms with E-state index in [-0.39, 0.29) is 25.6 Å². The molecule has 0 aliphatic carbocycles. The van der Waals surface area contributed by atoms with Gasteiger partial charge < -0.3 is 0 Å². The zero-order valence-corrected chi connectivity index (χ0v) is 10.7. The summed E-state index contributed by atoms with van der Waals surface area (Å²) in [6.45, 7) is 4.14. The SMILES string of the molecule is CCCC(CC)O[PH+]=O.[Zn]. The Bertz CT molecular complexity index is 80.1. The smallest absolute Gasteiger partial charge is 0.145 e. The summed E-state index contributed by atoms with van der Waals surface area (Å²) < 4.78 is 14.9. The van der Waals surface area contributed by atoms with Gasteiger partial charge in [0.25, 0.3) is 0 Å². The van der Waals surface area contributed by atoms with Gasteiger partial charge >= 0.3 is 8.69 Å². The van der Waals surface area contributed by atoms with E-state index in [9.17, 15) is 4.57 Å². The molecule has 2 nitrogen and oxygen atoms in total. The van der Waals surface area contributed by atoms with E-state index in [0.717, 1.165) is 19.3 Å². The quantitative estimate of drug-likeness (QED) is 0.519. The van der Waals surface area contributed by atoms with Crippen LogP contribution in [0.1, 0.15) is 33.1 Å². The van der Waals surface area contributed by atoms with Crippen molar-refractivity contribution in [3.63, 3.8) is 0 Å². The first-order chi connectivity index (χ1) is 4.35. The molecule has 0 saturated carbocycles. The monoisotopic (exact) mass is 213 g/mol. The minimum Gasteiger partial charge on any atom is -0.145 e. The van der Waals surface area contributed by atoms with Crippen molar-refractivity contribution >= 4 is 8.69 Å². The Morgan fingerprint density at radius 3 is 2.40 bits per heavy atom. The van der Waals surface area contributed by atoms with Crippen molar-refractivity contribution in [2.75, 3.05) is 0 Å². The van der Waals surface area contributed by atoms with Crippen LogP contribution in [0.15, 0.2) is 0 Å². The molecule has 0 spiro atoms. The maximum absolute atomic E-state index is 9.98. The van der Waals surface area contributed by atoms with Crippen LogP contribution in [0, 0.1) is 0 Å². The Morgan fingerprint density at radius 1 is 1.50 bits per heavy atom. The summed E-state index contributed by atoms with van der Waals surface area (Å²) >= 11 is 0. The predicted octanol–water partition coefficient (Wildman–Crippen LogP) is 2.52. The molecule has 0 heterocycles. The number of hydrogen-bond donors (Lipinski definition) is 0. The average molecular weight is 215 g/mol. The minimum absolute atomic E-state index is 0. The largest absolute Gasteiger partial charge is 0.494 e. The molecule has 0 fully saturated rings. The van der Waals surface area contributed by atoms with Gasteiger partial charge in [0.05, 0.1) is 0 Å². The fourth-order valence-corrected chi connectivity index (χ4v) is 1.16. The number of hydrogen-bond acceptors (Lipinski definition) is 2. The number of rotatable bonds is 5. The van der Waals surface area contributed by atoms with E-state index in [4.69, 9.17) is 4.52 Å². The van der Waals surface area contributed by atoms with Crippen molar-refractivity contribution in [2.45, 2.75) is 39.2 Å². The van der Waals surface area contributed by atoms with Crippen LogP contribution >= 0.6 is 8.69 Å². The van der Waals surface area contributed by atoms with Gasteiger partial charge in [-0.25, -0.2) is 0 Å². The van der Waals surface area contributed by atoms with E-state index in [0.29, 0.717) is 0 Å². The van der Waals surface area contributed by atoms with E-state index >= 15 is 0 Å². The molecule has 2 unspecified atom stereocenters. The first kappa shape index (κ1) is 13.3. The normalized spacial score (nSPS) is 12.6. The first-order valence-corrected chi connectivity index (χ1v) is 4.19. The van der Waals surface area contributed by atoms with Gasteiger partial charge in [-0.15, -0.1) is 4.52 Å². The van der Waals surface area contributed by atoms with Crippen molar-refractivity contribution in [1.82, 2.24) is 0 Å². The maximum atomic E-state index is 9.98. The molecule has 2 atom stereocenters. The summed E-state index contributed by atoms with van der Waals surface area (Å²) in [6, 6.07) is 0. The van der Waals surface area contributed by atoms with E-state index in [1.54, 1.807) is 0 Å². The van der Waals surface area contributed by atoms with Crippen LogP contribution < -0.4 is 0 Å². The average Bonchev–Trinajstić information content (AvgIpc) is 1.88.